The van der Waals surface area contributed by atoms with E-state index in [4.69, 9.17) is 10.2 Å². The lowest BCUT2D eigenvalue weighted by atomic mass is 10.0. The van der Waals surface area contributed by atoms with E-state index in [1.54, 1.807) is 23.8 Å². The van der Waals surface area contributed by atoms with Gasteiger partial charge in [0.25, 0.3) is 0 Å². The van der Waals surface area contributed by atoms with E-state index in [1.807, 2.05) is 13.8 Å². The lowest BCUT2D eigenvalue weighted by molar-refractivity contribution is 0.0960. The molecule has 3 N–H and O–H groups in total. The highest BCUT2D eigenvalue weighted by atomic mass is 32.1. The lowest BCUT2D eigenvalue weighted by Crippen LogP contribution is -2.49. The predicted molar refractivity (Wildman–Crippen MR) is 61.0 cm³/mol. The molecule has 86 valence electrons. The van der Waals surface area contributed by atoms with E-state index in [0.29, 0.717) is 0 Å². The number of aliphatic hydroxyl groups excluding tert-OH is 2. The molecule has 0 radical (unpaired) electrons. The molecule has 0 spiro atoms. The van der Waals surface area contributed by atoms with Crippen LogP contribution in [0, 0.1) is 6.92 Å². The van der Waals surface area contributed by atoms with Crippen LogP contribution < -0.4 is 5.32 Å². The Balaban J connectivity index is 2.71. The number of aromatic nitrogens is 1. The number of nitrogens with one attached hydrogen (secondary N) is 1. The molecule has 0 aliphatic rings. The summed E-state index contributed by atoms with van der Waals surface area (Å²) in [7, 11) is 0. The quantitative estimate of drug-likeness (QED) is 0.701. The van der Waals surface area contributed by atoms with Gasteiger partial charge in [0.15, 0.2) is 0 Å². The monoisotopic (exact) mass is 230 g/mol. The van der Waals surface area contributed by atoms with Crippen molar-refractivity contribution in [3.63, 3.8) is 0 Å². The van der Waals surface area contributed by atoms with Gasteiger partial charge < -0.3 is 10.2 Å². The molecule has 1 unspecified atom stereocenters. The molecule has 0 saturated heterocycles. The van der Waals surface area contributed by atoms with Crippen molar-refractivity contribution in [2.75, 3.05) is 13.2 Å². The summed E-state index contributed by atoms with van der Waals surface area (Å²) >= 11 is 1.58. The standard InChI is InChI=1S/C10H18N2O2S/c1-7-9(15-6-11-7)8(2)12-10(3,4-13)5-14/h6,8,12-14H,4-5H2,1-3H3. The molecule has 0 saturated carbocycles. The van der Waals surface area contributed by atoms with Gasteiger partial charge in [0, 0.05) is 10.9 Å². The van der Waals surface area contributed by atoms with Gasteiger partial charge in [-0.05, 0) is 20.8 Å². The van der Waals surface area contributed by atoms with Crippen molar-refractivity contribution in [1.82, 2.24) is 10.3 Å². The Hall–Kier alpha value is -0.490. The Morgan fingerprint density at radius 3 is 2.53 bits per heavy atom. The third kappa shape index (κ3) is 2.98. The summed E-state index contributed by atoms with van der Waals surface area (Å²) < 4.78 is 0. The van der Waals surface area contributed by atoms with E-state index < -0.39 is 5.54 Å². The van der Waals surface area contributed by atoms with Gasteiger partial charge in [-0.15, -0.1) is 11.3 Å². The van der Waals surface area contributed by atoms with Crippen LogP contribution in [0.25, 0.3) is 0 Å². The third-order valence-corrected chi connectivity index (χ3v) is 3.55. The molecule has 1 aromatic rings. The number of aryl methyl sites for hydroxylation is 1. The minimum atomic E-state index is -0.643. The highest BCUT2D eigenvalue weighted by Crippen LogP contribution is 2.23. The Kier molecular flexibility index (Phi) is 4.21. The molecule has 0 amide bonds. The number of hydrogen-bond acceptors (Lipinski definition) is 5. The maximum atomic E-state index is 9.17. The Morgan fingerprint density at radius 2 is 2.13 bits per heavy atom. The summed E-state index contributed by atoms with van der Waals surface area (Å²) in [6.07, 6.45) is 0. The van der Waals surface area contributed by atoms with Gasteiger partial charge in [-0.3, -0.25) is 5.32 Å². The van der Waals surface area contributed by atoms with Gasteiger partial charge in [-0.1, -0.05) is 0 Å². The number of rotatable bonds is 5. The van der Waals surface area contributed by atoms with Crippen LogP contribution >= 0.6 is 11.3 Å². The first-order valence-corrected chi connectivity index (χ1v) is 5.80. The van der Waals surface area contributed by atoms with Gasteiger partial charge in [-0.2, -0.15) is 0 Å². The summed E-state index contributed by atoms with van der Waals surface area (Å²) in [5.74, 6) is 0. The Bertz CT molecular complexity index is 310. The van der Waals surface area contributed by atoms with Crippen molar-refractivity contribution in [2.45, 2.75) is 32.4 Å². The normalized spacial score (nSPS) is 14.2. The van der Waals surface area contributed by atoms with Crippen LogP contribution in [-0.4, -0.2) is 33.9 Å². The minimum absolute atomic E-state index is 0.0850. The molecule has 1 aromatic heterocycles. The van der Waals surface area contributed by atoms with Crippen molar-refractivity contribution in [2.24, 2.45) is 0 Å². The van der Waals surface area contributed by atoms with Crippen LogP contribution in [-0.2, 0) is 0 Å². The van der Waals surface area contributed by atoms with E-state index in [1.165, 1.54) is 0 Å². The first-order valence-electron chi connectivity index (χ1n) is 4.92. The molecule has 15 heavy (non-hydrogen) atoms. The van der Waals surface area contributed by atoms with E-state index in [0.717, 1.165) is 10.6 Å². The molecule has 0 aliphatic heterocycles. The van der Waals surface area contributed by atoms with Crippen molar-refractivity contribution in [3.05, 3.63) is 16.1 Å². The molecule has 4 nitrogen and oxygen atoms in total. The smallest absolute Gasteiger partial charge is 0.0798 e. The zero-order valence-electron chi connectivity index (χ0n) is 9.32. The SMILES string of the molecule is Cc1ncsc1C(C)NC(C)(CO)CO. The summed E-state index contributed by atoms with van der Waals surface area (Å²) in [5.41, 5.74) is 2.16. The summed E-state index contributed by atoms with van der Waals surface area (Å²) in [4.78, 5) is 5.31. The number of aliphatic hydroxyl groups is 2. The Morgan fingerprint density at radius 1 is 1.53 bits per heavy atom. The van der Waals surface area contributed by atoms with Gasteiger partial charge in [0.05, 0.1) is 30.0 Å². The van der Waals surface area contributed by atoms with Gasteiger partial charge in [0.2, 0.25) is 0 Å². The van der Waals surface area contributed by atoms with Gasteiger partial charge in [0.1, 0.15) is 0 Å². The predicted octanol–water partition coefficient (Wildman–Crippen LogP) is 0.845. The van der Waals surface area contributed by atoms with Crippen molar-refractivity contribution >= 4 is 11.3 Å². The molecular formula is C10H18N2O2S. The molecule has 0 bridgehead atoms. The van der Waals surface area contributed by atoms with E-state index in [-0.39, 0.29) is 19.3 Å². The van der Waals surface area contributed by atoms with Crippen LogP contribution in [0.2, 0.25) is 0 Å². The van der Waals surface area contributed by atoms with Crippen molar-refractivity contribution < 1.29 is 10.2 Å². The molecule has 1 rings (SSSR count). The molecule has 5 heteroatoms. The number of thiazole rings is 1. The fraction of sp³-hybridized carbons (Fsp3) is 0.700. The number of nitrogens with zero attached hydrogens (tertiary/aromatic N) is 1. The summed E-state index contributed by atoms with van der Waals surface area (Å²) in [5, 5.41) is 21.5. The van der Waals surface area contributed by atoms with Crippen molar-refractivity contribution in [1.29, 1.82) is 0 Å². The second-order valence-electron chi connectivity index (χ2n) is 4.04. The maximum absolute atomic E-state index is 9.17. The van der Waals surface area contributed by atoms with Crippen LogP contribution in [0.1, 0.15) is 30.5 Å². The second-order valence-corrected chi connectivity index (χ2v) is 4.93. The average Bonchev–Trinajstić information content (AvgIpc) is 2.64. The third-order valence-electron chi connectivity index (χ3n) is 2.44. The maximum Gasteiger partial charge on any atom is 0.0798 e. The second kappa shape index (κ2) is 5.03. The largest absolute Gasteiger partial charge is 0.394 e. The Labute approximate surface area is 94.0 Å². The zero-order chi connectivity index (χ0) is 11.5. The summed E-state index contributed by atoms with van der Waals surface area (Å²) in [6, 6.07) is 0.0850. The first kappa shape index (κ1) is 12.6. The highest BCUT2D eigenvalue weighted by molar-refractivity contribution is 7.09. The van der Waals surface area contributed by atoms with Crippen LogP contribution in [0.5, 0.6) is 0 Å². The minimum Gasteiger partial charge on any atom is -0.394 e. The van der Waals surface area contributed by atoms with Crippen LogP contribution in [0.3, 0.4) is 0 Å². The van der Waals surface area contributed by atoms with Gasteiger partial charge in [-0.25, -0.2) is 4.98 Å². The van der Waals surface area contributed by atoms with Crippen molar-refractivity contribution in [3.8, 4) is 0 Å². The molecule has 0 aromatic carbocycles. The molecule has 1 atom stereocenters. The fourth-order valence-corrected chi connectivity index (χ4v) is 2.27. The van der Waals surface area contributed by atoms with Crippen LogP contribution in [0.4, 0.5) is 0 Å². The zero-order valence-corrected chi connectivity index (χ0v) is 10.1. The average molecular weight is 230 g/mol. The van der Waals surface area contributed by atoms with E-state index in [9.17, 15) is 0 Å². The lowest BCUT2D eigenvalue weighted by Gasteiger charge is -2.30. The highest BCUT2D eigenvalue weighted by Gasteiger charge is 2.25. The van der Waals surface area contributed by atoms with Gasteiger partial charge >= 0.3 is 0 Å². The van der Waals surface area contributed by atoms with E-state index >= 15 is 0 Å². The molecular weight excluding hydrogens is 212 g/mol. The topological polar surface area (TPSA) is 65.4 Å². The fourth-order valence-electron chi connectivity index (χ4n) is 1.46. The number of hydrogen-bond donors (Lipinski definition) is 3. The summed E-state index contributed by atoms with van der Waals surface area (Å²) in [6.45, 7) is 5.57. The first-order chi connectivity index (χ1) is 7.02. The molecule has 1 heterocycles. The van der Waals surface area contributed by atoms with Crippen LogP contribution in [0.15, 0.2) is 5.51 Å². The molecule has 0 fully saturated rings. The van der Waals surface area contributed by atoms with E-state index in [2.05, 4.69) is 10.3 Å². The molecule has 0 aliphatic carbocycles.